The number of hydrogen-bond acceptors (Lipinski definition) is 0. The molecule has 0 amide bonds. The average molecular weight is 154 g/mol. The minimum absolute atomic E-state index is 0.815. The van der Waals surface area contributed by atoms with Gasteiger partial charge in [-0.05, 0) is 30.6 Å². The minimum atomic E-state index is 0.815. The SMILES string of the molecule is C=CCCC(C)[C@H](C)C(C)C. The third-order valence-electron chi connectivity index (χ3n) is 2.78. The summed E-state index contributed by atoms with van der Waals surface area (Å²) in [6.07, 6.45) is 4.48. The van der Waals surface area contributed by atoms with Crippen molar-refractivity contribution < 1.29 is 0 Å². The highest BCUT2D eigenvalue weighted by Crippen LogP contribution is 2.23. The van der Waals surface area contributed by atoms with Gasteiger partial charge in [0.1, 0.15) is 0 Å². The molecule has 0 radical (unpaired) electrons. The smallest absolute Gasteiger partial charge is 0.0351 e. The van der Waals surface area contributed by atoms with E-state index >= 15 is 0 Å². The van der Waals surface area contributed by atoms with Crippen molar-refractivity contribution in [3.05, 3.63) is 12.7 Å². The molecule has 66 valence electrons. The van der Waals surface area contributed by atoms with Crippen LogP contribution in [0, 0.1) is 17.8 Å². The summed E-state index contributed by atoms with van der Waals surface area (Å²) in [6, 6.07) is 0. The Hall–Kier alpha value is -0.260. The molecule has 0 aromatic rings. The quantitative estimate of drug-likeness (QED) is 0.527. The van der Waals surface area contributed by atoms with E-state index in [1.165, 1.54) is 6.42 Å². The molecule has 0 aliphatic rings. The highest BCUT2D eigenvalue weighted by Gasteiger charge is 2.14. The molecule has 0 aliphatic heterocycles. The summed E-state index contributed by atoms with van der Waals surface area (Å²) in [5.74, 6) is 2.50. The van der Waals surface area contributed by atoms with Crippen molar-refractivity contribution in [3.8, 4) is 0 Å². The summed E-state index contributed by atoms with van der Waals surface area (Å²) in [4.78, 5) is 0. The second-order valence-corrected chi connectivity index (χ2v) is 3.95. The number of allylic oxidation sites excluding steroid dienone is 1. The molecule has 11 heavy (non-hydrogen) atoms. The Balaban J connectivity index is 3.63. The van der Waals surface area contributed by atoms with E-state index in [1.807, 2.05) is 6.08 Å². The van der Waals surface area contributed by atoms with Gasteiger partial charge >= 0.3 is 0 Å². The van der Waals surface area contributed by atoms with Gasteiger partial charge in [0.15, 0.2) is 0 Å². The molecule has 0 saturated carbocycles. The molecule has 2 atom stereocenters. The fourth-order valence-corrected chi connectivity index (χ4v) is 1.30. The average Bonchev–Trinajstić information content (AvgIpc) is 1.98. The Morgan fingerprint density at radius 3 is 2.09 bits per heavy atom. The molecule has 0 rings (SSSR count). The second kappa shape index (κ2) is 5.40. The fourth-order valence-electron chi connectivity index (χ4n) is 1.30. The van der Waals surface area contributed by atoms with E-state index in [0.717, 1.165) is 24.2 Å². The molecule has 0 saturated heterocycles. The van der Waals surface area contributed by atoms with Crippen LogP contribution in [-0.2, 0) is 0 Å². The summed E-state index contributed by atoms with van der Waals surface area (Å²) in [5, 5.41) is 0. The third-order valence-corrected chi connectivity index (χ3v) is 2.78. The minimum Gasteiger partial charge on any atom is -0.103 e. The molecule has 0 heterocycles. The normalized spacial score (nSPS) is 16.5. The van der Waals surface area contributed by atoms with Gasteiger partial charge in [0.25, 0.3) is 0 Å². The van der Waals surface area contributed by atoms with Gasteiger partial charge in [-0.15, -0.1) is 6.58 Å². The standard InChI is InChI=1S/C11H22/c1-6-7-8-10(4)11(5)9(2)3/h6,9-11H,1,7-8H2,2-5H3/t10?,11-/m1/s1. The third kappa shape index (κ3) is 4.23. The van der Waals surface area contributed by atoms with Crippen LogP contribution in [0.5, 0.6) is 0 Å². The van der Waals surface area contributed by atoms with Gasteiger partial charge in [-0.25, -0.2) is 0 Å². The Labute approximate surface area is 71.7 Å². The van der Waals surface area contributed by atoms with Gasteiger partial charge in [-0.1, -0.05) is 33.8 Å². The van der Waals surface area contributed by atoms with Crippen molar-refractivity contribution in [2.24, 2.45) is 17.8 Å². The lowest BCUT2D eigenvalue weighted by atomic mass is 9.84. The molecular formula is C11H22. The van der Waals surface area contributed by atoms with Crippen LogP contribution in [0.1, 0.15) is 40.5 Å². The van der Waals surface area contributed by atoms with Crippen LogP contribution in [0.3, 0.4) is 0 Å². The molecule has 0 bridgehead atoms. The highest BCUT2D eigenvalue weighted by atomic mass is 14.2. The van der Waals surface area contributed by atoms with Crippen LogP contribution < -0.4 is 0 Å². The first-order chi connectivity index (χ1) is 5.09. The van der Waals surface area contributed by atoms with E-state index in [0.29, 0.717) is 0 Å². The van der Waals surface area contributed by atoms with Gasteiger partial charge in [0.2, 0.25) is 0 Å². The molecule has 0 aromatic heterocycles. The predicted molar refractivity (Wildman–Crippen MR) is 52.6 cm³/mol. The lowest BCUT2D eigenvalue weighted by molar-refractivity contribution is 0.283. The zero-order valence-electron chi connectivity index (χ0n) is 8.43. The topological polar surface area (TPSA) is 0 Å². The Morgan fingerprint density at radius 2 is 1.73 bits per heavy atom. The molecule has 0 spiro atoms. The van der Waals surface area contributed by atoms with Crippen molar-refractivity contribution in [1.82, 2.24) is 0 Å². The Kier molecular flexibility index (Phi) is 5.27. The predicted octanol–water partition coefficient (Wildman–Crippen LogP) is 3.88. The van der Waals surface area contributed by atoms with Gasteiger partial charge < -0.3 is 0 Å². The summed E-state index contributed by atoms with van der Waals surface area (Å²) in [5.41, 5.74) is 0. The Morgan fingerprint density at radius 1 is 1.18 bits per heavy atom. The molecule has 0 aliphatic carbocycles. The van der Waals surface area contributed by atoms with E-state index in [1.54, 1.807) is 0 Å². The first-order valence-corrected chi connectivity index (χ1v) is 4.70. The van der Waals surface area contributed by atoms with Crippen LogP contribution in [0.15, 0.2) is 12.7 Å². The molecule has 0 aromatic carbocycles. The monoisotopic (exact) mass is 154 g/mol. The lowest BCUT2D eigenvalue weighted by Gasteiger charge is -2.22. The van der Waals surface area contributed by atoms with Crippen LogP contribution in [0.25, 0.3) is 0 Å². The summed E-state index contributed by atoms with van der Waals surface area (Å²) >= 11 is 0. The van der Waals surface area contributed by atoms with Crippen LogP contribution in [0.4, 0.5) is 0 Å². The van der Waals surface area contributed by atoms with E-state index in [2.05, 4.69) is 34.3 Å². The molecular weight excluding hydrogens is 132 g/mol. The van der Waals surface area contributed by atoms with E-state index in [-0.39, 0.29) is 0 Å². The fraction of sp³-hybridized carbons (Fsp3) is 0.818. The van der Waals surface area contributed by atoms with E-state index < -0.39 is 0 Å². The van der Waals surface area contributed by atoms with Gasteiger partial charge in [0, 0.05) is 0 Å². The van der Waals surface area contributed by atoms with E-state index in [4.69, 9.17) is 0 Å². The first-order valence-electron chi connectivity index (χ1n) is 4.70. The number of hydrogen-bond donors (Lipinski definition) is 0. The van der Waals surface area contributed by atoms with Crippen molar-refractivity contribution in [2.45, 2.75) is 40.5 Å². The highest BCUT2D eigenvalue weighted by molar-refractivity contribution is 4.71. The van der Waals surface area contributed by atoms with Crippen molar-refractivity contribution in [3.63, 3.8) is 0 Å². The maximum Gasteiger partial charge on any atom is -0.0351 e. The summed E-state index contributed by atoms with van der Waals surface area (Å²) < 4.78 is 0. The van der Waals surface area contributed by atoms with Gasteiger partial charge in [0.05, 0.1) is 0 Å². The molecule has 0 heteroatoms. The number of rotatable bonds is 5. The summed E-state index contributed by atoms with van der Waals surface area (Å²) in [6.45, 7) is 13.0. The first kappa shape index (κ1) is 10.7. The second-order valence-electron chi connectivity index (χ2n) is 3.95. The Bertz CT molecular complexity index is 103. The molecule has 0 nitrogen and oxygen atoms in total. The largest absolute Gasteiger partial charge is 0.103 e. The van der Waals surface area contributed by atoms with Crippen molar-refractivity contribution in [1.29, 1.82) is 0 Å². The molecule has 0 N–H and O–H groups in total. The van der Waals surface area contributed by atoms with Gasteiger partial charge in [-0.2, -0.15) is 0 Å². The van der Waals surface area contributed by atoms with Crippen LogP contribution in [-0.4, -0.2) is 0 Å². The zero-order valence-corrected chi connectivity index (χ0v) is 8.43. The van der Waals surface area contributed by atoms with Gasteiger partial charge in [-0.3, -0.25) is 0 Å². The van der Waals surface area contributed by atoms with E-state index in [9.17, 15) is 0 Å². The zero-order chi connectivity index (χ0) is 8.85. The maximum absolute atomic E-state index is 3.74. The van der Waals surface area contributed by atoms with Crippen LogP contribution in [0.2, 0.25) is 0 Å². The lowest BCUT2D eigenvalue weighted by Crippen LogP contribution is -2.13. The van der Waals surface area contributed by atoms with Crippen molar-refractivity contribution in [2.75, 3.05) is 0 Å². The summed E-state index contributed by atoms with van der Waals surface area (Å²) in [7, 11) is 0. The maximum atomic E-state index is 3.74. The molecule has 1 unspecified atom stereocenters. The molecule has 0 fully saturated rings. The van der Waals surface area contributed by atoms with Crippen molar-refractivity contribution >= 4 is 0 Å². The van der Waals surface area contributed by atoms with Crippen LogP contribution >= 0.6 is 0 Å².